The zero-order chi connectivity index (χ0) is 20.6. The summed E-state index contributed by atoms with van der Waals surface area (Å²) in [6, 6.07) is 17.3. The molecule has 5 nitrogen and oxygen atoms in total. The predicted octanol–water partition coefficient (Wildman–Crippen LogP) is 4.43. The Morgan fingerprint density at radius 1 is 0.964 bits per heavy atom. The maximum absolute atomic E-state index is 12.1. The molecule has 0 fully saturated rings. The summed E-state index contributed by atoms with van der Waals surface area (Å²) in [6.07, 6.45) is 0.432. The third-order valence-electron chi connectivity index (χ3n) is 3.89. The zero-order valence-corrected chi connectivity index (χ0v) is 17.0. The third kappa shape index (κ3) is 8.25. The highest BCUT2D eigenvalue weighted by atomic mass is 16.6. The lowest BCUT2D eigenvalue weighted by Crippen LogP contribution is -2.38. The average molecular weight is 383 g/mol. The Bertz CT molecular complexity index is 781. The monoisotopic (exact) mass is 383 g/mol. The summed E-state index contributed by atoms with van der Waals surface area (Å²) >= 11 is 0. The van der Waals surface area contributed by atoms with Gasteiger partial charge in [-0.25, -0.2) is 4.79 Å². The van der Waals surface area contributed by atoms with E-state index in [4.69, 9.17) is 9.47 Å². The first-order valence-corrected chi connectivity index (χ1v) is 9.48. The molecule has 2 rings (SSSR count). The van der Waals surface area contributed by atoms with Crippen molar-refractivity contribution >= 4 is 12.1 Å². The van der Waals surface area contributed by atoms with Crippen molar-refractivity contribution in [3.63, 3.8) is 0 Å². The van der Waals surface area contributed by atoms with E-state index in [9.17, 15) is 9.59 Å². The van der Waals surface area contributed by atoms with Gasteiger partial charge in [0.05, 0.1) is 6.42 Å². The van der Waals surface area contributed by atoms with Gasteiger partial charge >= 0.3 is 12.1 Å². The number of ether oxygens (including phenoxy) is 2. The zero-order valence-electron chi connectivity index (χ0n) is 17.0. The van der Waals surface area contributed by atoms with Crippen LogP contribution in [0.4, 0.5) is 4.79 Å². The Morgan fingerprint density at radius 3 is 2.29 bits per heavy atom. The topological polar surface area (TPSA) is 64.6 Å². The summed E-state index contributed by atoms with van der Waals surface area (Å²) in [5.74, 6) is -0.263. The minimum Gasteiger partial charge on any atom is -0.461 e. The number of benzene rings is 2. The lowest BCUT2D eigenvalue weighted by atomic mass is 10.0. The van der Waals surface area contributed by atoms with Gasteiger partial charge in [0.1, 0.15) is 12.2 Å². The summed E-state index contributed by atoms with van der Waals surface area (Å²) in [4.78, 5) is 24.0. The van der Waals surface area contributed by atoms with Gasteiger partial charge in [0, 0.05) is 6.04 Å². The van der Waals surface area contributed by atoms with E-state index in [1.165, 1.54) is 0 Å². The maximum Gasteiger partial charge on any atom is 0.407 e. The van der Waals surface area contributed by atoms with E-state index in [1.807, 2.05) is 82.3 Å². The summed E-state index contributed by atoms with van der Waals surface area (Å²) in [5, 5.41) is 2.83. The van der Waals surface area contributed by atoms with Crippen LogP contribution >= 0.6 is 0 Å². The molecule has 0 saturated carbocycles. The fraction of sp³-hybridized carbons (Fsp3) is 0.391. The van der Waals surface area contributed by atoms with Crippen molar-refractivity contribution in [2.24, 2.45) is 0 Å². The molecule has 0 bridgehead atoms. The molecule has 0 saturated heterocycles. The van der Waals surface area contributed by atoms with Crippen LogP contribution in [0.25, 0.3) is 0 Å². The first-order chi connectivity index (χ1) is 13.2. The molecular weight excluding hydrogens is 354 g/mol. The largest absolute Gasteiger partial charge is 0.461 e. The molecule has 0 unspecified atom stereocenters. The second-order valence-electron chi connectivity index (χ2n) is 7.89. The van der Waals surface area contributed by atoms with Gasteiger partial charge in [-0.15, -0.1) is 0 Å². The average Bonchev–Trinajstić information content (AvgIpc) is 2.59. The van der Waals surface area contributed by atoms with E-state index in [0.717, 1.165) is 16.7 Å². The Kier molecular flexibility index (Phi) is 7.61. The van der Waals surface area contributed by atoms with Crippen LogP contribution in [0.15, 0.2) is 54.6 Å². The highest BCUT2D eigenvalue weighted by molar-refractivity contribution is 5.72. The number of carbonyl (C=O) groups excluding carboxylic acids is 2. The number of hydrogen-bond acceptors (Lipinski definition) is 4. The van der Waals surface area contributed by atoms with Crippen molar-refractivity contribution in [3.05, 3.63) is 71.3 Å². The lowest BCUT2D eigenvalue weighted by Gasteiger charge is -2.22. The fourth-order valence-corrected chi connectivity index (χ4v) is 2.74. The summed E-state index contributed by atoms with van der Waals surface area (Å²) in [7, 11) is 0. The molecule has 1 N–H and O–H groups in total. The minimum absolute atomic E-state index is 0.0878. The lowest BCUT2D eigenvalue weighted by molar-refractivity contribution is -0.144. The molecule has 28 heavy (non-hydrogen) atoms. The summed E-state index contributed by atoms with van der Waals surface area (Å²) in [5.41, 5.74) is 2.37. The summed E-state index contributed by atoms with van der Waals surface area (Å²) in [6.45, 7) is 7.69. The van der Waals surface area contributed by atoms with Gasteiger partial charge in [-0.3, -0.25) is 4.79 Å². The van der Waals surface area contributed by atoms with Gasteiger partial charge in [0.15, 0.2) is 0 Å². The Hall–Kier alpha value is -2.82. The van der Waals surface area contributed by atoms with Crippen LogP contribution in [-0.4, -0.2) is 23.7 Å². The van der Waals surface area contributed by atoms with Crippen molar-refractivity contribution < 1.29 is 19.1 Å². The molecular formula is C23H29NO4. The number of esters is 1. The van der Waals surface area contributed by atoms with Crippen LogP contribution in [0.3, 0.4) is 0 Å². The van der Waals surface area contributed by atoms with Crippen LogP contribution < -0.4 is 5.32 Å². The number of carbonyl (C=O) groups is 2. The number of hydrogen-bond donors (Lipinski definition) is 1. The van der Waals surface area contributed by atoms with Crippen LogP contribution in [0, 0.1) is 0 Å². The predicted molar refractivity (Wildman–Crippen MR) is 109 cm³/mol. The highest BCUT2D eigenvalue weighted by Crippen LogP contribution is 2.11. The van der Waals surface area contributed by atoms with E-state index < -0.39 is 11.7 Å². The van der Waals surface area contributed by atoms with E-state index in [-0.39, 0.29) is 25.0 Å². The van der Waals surface area contributed by atoms with E-state index in [0.29, 0.717) is 6.42 Å². The number of nitrogens with one attached hydrogen (secondary N) is 1. The van der Waals surface area contributed by atoms with Crippen LogP contribution in [0.1, 0.15) is 44.4 Å². The van der Waals surface area contributed by atoms with Crippen LogP contribution in [0.5, 0.6) is 0 Å². The molecule has 0 aliphatic carbocycles. The fourth-order valence-electron chi connectivity index (χ4n) is 2.74. The molecule has 5 heteroatoms. The molecule has 1 atom stereocenters. The second-order valence-corrected chi connectivity index (χ2v) is 7.89. The molecule has 1 amide bonds. The van der Waals surface area contributed by atoms with Gasteiger partial charge in [-0.2, -0.15) is 0 Å². The van der Waals surface area contributed by atoms with E-state index in [1.54, 1.807) is 0 Å². The first kappa shape index (κ1) is 21.5. The SMILES string of the molecule is C[C@H](Cc1cccc(CC(=O)OCc2ccccc2)c1)NC(=O)OC(C)(C)C. The molecule has 0 aliphatic heterocycles. The van der Waals surface area contributed by atoms with Crippen molar-refractivity contribution in [2.45, 2.75) is 58.8 Å². The van der Waals surface area contributed by atoms with Gasteiger partial charge in [-0.1, -0.05) is 54.6 Å². The smallest absolute Gasteiger partial charge is 0.407 e. The van der Waals surface area contributed by atoms with Crippen LogP contribution in [0.2, 0.25) is 0 Å². The molecule has 150 valence electrons. The van der Waals surface area contributed by atoms with Gasteiger partial charge in [0.2, 0.25) is 0 Å². The quantitative estimate of drug-likeness (QED) is 0.719. The second kappa shape index (κ2) is 9.93. The van der Waals surface area contributed by atoms with Gasteiger partial charge < -0.3 is 14.8 Å². The molecule has 0 spiro atoms. The Balaban J connectivity index is 1.84. The Labute approximate surface area is 167 Å². The molecule has 2 aromatic rings. The van der Waals surface area contributed by atoms with Gasteiger partial charge in [-0.05, 0) is 50.8 Å². The van der Waals surface area contributed by atoms with E-state index >= 15 is 0 Å². The van der Waals surface area contributed by atoms with Crippen molar-refractivity contribution in [2.75, 3.05) is 0 Å². The standard InChI is InChI=1S/C23H29NO4/c1-17(24-22(26)28-23(2,3)4)13-19-11-8-12-20(14-19)15-21(25)27-16-18-9-6-5-7-10-18/h5-12,14,17H,13,15-16H2,1-4H3,(H,24,26)/t17-/m1/s1. The summed E-state index contributed by atoms with van der Waals surface area (Å²) < 4.78 is 10.6. The third-order valence-corrected chi connectivity index (χ3v) is 3.89. The maximum atomic E-state index is 12.1. The molecule has 0 heterocycles. The van der Waals surface area contributed by atoms with Crippen molar-refractivity contribution in [1.82, 2.24) is 5.32 Å². The van der Waals surface area contributed by atoms with E-state index in [2.05, 4.69) is 5.32 Å². The molecule has 0 radical (unpaired) electrons. The number of alkyl carbamates (subject to hydrolysis) is 1. The molecule has 0 aromatic heterocycles. The molecule has 0 aliphatic rings. The Morgan fingerprint density at radius 2 is 1.61 bits per heavy atom. The van der Waals surface area contributed by atoms with Crippen molar-refractivity contribution in [1.29, 1.82) is 0 Å². The van der Waals surface area contributed by atoms with Crippen molar-refractivity contribution in [3.8, 4) is 0 Å². The number of amides is 1. The van der Waals surface area contributed by atoms with Gasteiger partial charge in [0.25, 0.3) is 0 Å². The highest BCUT2D eigenvalue weighted by Gasteiger charge is 2.18. The first-order valence-electron chi connectivity index (χ1n) is 9.48. The van der Waals surface area contributed by atoms with Crippen LogP contribution in [-0.2, 0) is 33.7 Å². The number of rotatable bonds is 7. The minimum atomic E-state index is -0.524. The molecule has 2 aromatic carbocycles. The normalized spacial score (nSPS) is 12.1.